The van der Waals surface area contributed by atoms with Gasteiger partial charge in [0.15, 0.2) is 0 Å². The molecule has 0 bridgehead atoms. The van der Waals surface area contributed by atoms with E-state index >= 15 is 0 Å². The number of nitrogens with two attached hydrogens (primary N) is 1. The van der Waals surface area contributed by atoms with Crippen molar-refractivity contribution in [2.24, 2.45) is 5.73 Å². The molecule has 0 aromatic rings. The molecule has 4 nitrogen and oxygen atoms in total. The molecule has 80 valence electrons. The summed E-state index contributed by atoms with van der Waals surface area (Å²) in [5.41, 5.74) is 5.63. The third kappa shape index (κ3) is 1.42. The lowest BCUT2D eigenvalue weighted by atomic mass is 9.82. The molecule has 1 saturated carbocycles. The summed E-state index contributed by atoms with van der Waals surface area (Å²) in [6, 6.07) is 0.679. The van der Waals surface area contributed by atoms with Gasteiger partial charge in [0.25, 0.3) is 0 Å². The lowest BCUT2D eigenvalue weighted by molar-refractivity contribution is -0.143. The lowest BCUT2D eigenvalue weighted by Gasteiger charge is -2.53. The summed E-state index contributed by atoms with van der Waals surface area (Å²) in [7, 11) is 2.14. The van der Waals surface area contributed by atoms with Gasteiger partial charge in [-0.25, -0.2) is 0 Å². The van der Waals surface area contributed by atoms with Gasteiger partial charge in [-0.3, -0.25) is 9.69 Å². The molecule has 0 spiro atoms. The van der Waals surface area contributed by atoms with E-state index in [1.807, 2.05) is 4.90 Å². The van der Waals surface area contributed by atoms with Crippen LogP contribution in [0.25, 0.3) is 0 Å². The zero-order valence-corrected chi connectivity index (χ0v) is 8.94. The van der Waals surface area contributed by atoms with Gasteiger partial charge in [0.2, 0.25) is 5.91 Å². The van der Waals surface area contributed by atoms with Crippen LogP contribution in [0.2, 0.25) is 0 Å². The normalized spacial score (nSPS) is 34.6. The molecule has 0 aromatic carbocycles. The summed E-state index contributed by atoms with van der Waals surface area (Å²) in [6.07, 6.45) is 2.37. The maximum Gasteiger partial charge on any atom is 0.239 e. The monoisotopic (exact) mass is 197 g/mol. The Labute approximate surface area is 85.0 Å². The molecule has 2 aliphatic rings. The summed E-state index contributed by atoms with van der Waals surface area (Å²) >= 11 is 0. The predicted molar refractivity (Wildman–Crippen MR) is 54.8 cm³/mol. The van der Waals surface area contributed by atoms with Gasteiger partial charge < -0.3 is 10.6 Å². The van der Waals surface area contributed by atoms with Gasteiger partial charge in [0.05, 0.1) is 6.04 Å². The predicted octanol–water partition coefficient (Wildman–Crippen LogP) is -0.361. The number of likely N-dealkylation sites (N-methyl/N-ethyl adjacent to an activating group) is 1. The summed E-state index contributed by atoms with van der Waals surface area (Å²) in [5.74, 6) is 0.118. The Morgan fingerprint density at radius 3 is 2.50 bits per heavy atom. The van der Waals surface area contributed by atoms with E-state index in [-0.39, 0.29) is 11.9 Å². The number of amides is 1. The molecule has 0 aromatic heterocycles. The first-order valence-corrected chi connectivity index (χ1v) is 5.37. The van der Waals surface area contributed by atoms with Gasteiger partial charge in [0.1, 0.15) is 0 Å². The van der Waals surface area contributed by atoms with Crippen LogP contribution >= 0.6 is 0 Å². The molecule has 2 fully saturated rings. The second-order valence-electron chi connectivity index (χ2n) is 4.51. The summed E-state index contributed by atoms with van der Waals surface area (Å²) < 4.78 is 0. The van der Waals surface area contributed by atoms with Crippen molar-refractivity contribution in [3.8, 4) is 0 Å². The number of hydrogen-bond acceptors (Lipinski definition) is 3. The van der Waals surface area contributed by atoms with Gasteiger partial charge in [-0.2, -0.15) is 0 Å². The number of hydrogen-bond donors (Lipinski definition) is 1. The van der Waals surface area contributed by atoms with E-state index in [0.717, 1.165) is 19.5 Å². The molecule has 1 heterocycles. The van der Waals surface area contributed by atoms with E-state index in [0.29, 0.717) is 12.1 Å². The second kappa shape index (κ2) is 3.51. The van der Waals surface area contributed by atoms with Crippen molar-refractivity contribution in [3.05, 3.63) is 0 Å². The van der Waals surface area contributed by atoms with Crippen molar-refractivity contribution in [3.63, 3.8) is 0 Å². The van der Waals surface area contributed by atoms with Crippen LogP contribution in [0, 0.1) is 0 Å². The van der Waals surface area contributed by atoms with E-state index in [1.165, 1.54) is 6.42 Å². The molecular weight excluding hydrogens is 178 g/mol. The van der Waals surface area contributed by atoms with Crippen LogP contribution in [0.1, 0.15) is 19.8 Å². The molecule has 0 radical (unpaired) electrons. The van der Waals surface area contributed by atoms with Crippen LogP contribution in [-0.2, 0) is 4.79 Å². The van der Waals surface area contributed by atoms with Crippen LogP contribution < -0.4 is 5.73 Å². The Hall–Kier alpha value is -0.610. The maximum atomic E-state index is 11.8. The zero-order chi connectivity index (χ0) is 10.3. The molecule has 2 rings (SSSR count). The fourth-order valence-electron chi connectivity index (χ4n) is 2.47. The van der Waals surface area contributed by atoms with Gasteiger partial charge >= 0.3 is 0 Å². The minimum Gasteiger partial charge on any atom is -0.336 e. The van der Waals surface area contributed by atoms with E-state index in [1.54, 1.807) is 6.92 Å². The van der Waals surface area contributed by atoms with Gasteiger partial charge in [0, 0.05) is 25.2 Å². The fraction of sp³-hybridized carbons (Fsp3) is 0.900. The number of carbonyl (C=O) groups excluding carboxylic acids is 1. The Bertz CT molecular complexity index is 242. The van der Waals surface area contributed by atoms with Crippen molar-refractivity contribution in [1.29, 1.82) is 0 Å². The SMILES string of the molecule is CC(N)C(=O)N1CCN(C)C2CCC21. The largest absolute Gasteiger partial charge is 0.336 e. The fourth-order valence-corrected chi connectivity index (χ4v) is 2.47. The van der Waals surface area contributed by atoms with Crippen LogP contribution in [0.5, 0.6) is 0 Å². The Kier molecular flexibility index (Phi) is 2.49. The number of carbonyl (C=O) groups is 1. The van der Waals surface area contributed by atoms with E-state index in [9.17, 15) is 4.79 Å². The van der Waals surface area contributed by atoms with E-state index in [2.05, 4.69) is 11.9 Å². The molecule has 3 unspecified atom stereocenters. The highest BCUT2D eigenvalue weighted by molar-refractivity contribution is 5.81. The highest BCUT2D eigenvalue weighted by Gasteiger charge is 2.43. The van der Waals surface area contributed by atoms with Crippen molar-refractivity contribution < 1.29 is 4.79 Å². The first kappa shape index (κ1) is 9.93. The second-order valence-corrected chi connectivity index (χ2v) is 4.51. The van der Waals surface area contributed by atoms with Gasteiger partial charge in [-0.15, -0.1) is 0 Å². The van der Waals surface area contributed by atoms with E-state index in [4.69, 9.17) is 5.73 Å². The Balaban J connectivity index is 2.04. The van der Waals surface area contributed by atoms with Crippen molar-refractivity contribution in [2.75, 3.05) is 20.1 Å². The first-order valence-electron chi connectivity index (χ1n) is 5.37. The molecule has 1 saturated heterocycles. The quantitative estimate of drug-likeness (QED) is 0.624. The molecule has 14 heavy (non-hydrogen) atoms. The molecule has 4 heteroatoms. The van der Waals surface area contributed by atoms with Gasteiger partial charge in [-0.05, 0) is 26.8 Å². The van der Waals surface area contributed by atoms with Crippen molar-refractivity contribution in [1.82, 2.24) is 9.80 Å². The molecule has 2 N–H and O–H groups in total. The minimum atomic E-state index is -0.348. The Morgan fingerprint density at radius 1 is 1.36 bits per heavy atom. The first-order chi connectivity index (χ1) is 6.61. The molecule has 1 amide bonds. The summed E-state index contributed by atoms with van der Waals surface area (Å²) in [6.45, 7) is 3.60. The summed E-state index contributed by atoms with van der Waals surface area (Å²) in [4.78, 5) is 16.1. The highest BCUT2D eigenvalue weighted by Crippen LogP contribution is 2.32. The standard InChI is InChI=1S/C10H19N3O/c1-7(11)10(14)13-6-5-12(2)8-3-4-9(8)13/h7-9H,3-6,11H2,1-2H3. The van der Waals surface area contributed by atoms with Crippen molar-refractivity contribution >= 4 is 5.91 Å². The maximum absolute atomic E-state index is 11.8. The number of piperazine rings is 1. The lowest BCUT2D eigenvalue weighted by Crippen LogP contribution is -2.66. The van der Waals surface area contributed by atoms with E-state index < -0.39 is 0 Å². The average Bonchev–Trinajstić information content (AvgIpc) is 2.06. The number of nitrogens with zero attached hydrogens (tertiary/aromatic N) is 2. The molecule has 1 aliphatic carbocycles. The molecule has 1 aliphatic heterocycles. The Morgan fingerprint density at radius 2 is 2.00 bits per heavy atom. The number of fused-ring (bicyclic) bond motifs is 1. The van der Waals surface area contributed by atoms with Crippen molar-refractivity contribution in [2.45, 2.75) is 37.9 Å². The zero-order valence-electron chi connectivity index (χ0n) is 8.94. The third-order valence-electron chi connectivity index (χ3n) is 3.54. The van der Waals surface area contributed by atoms with Crippen LogP contribution in [0.4, 0.5) is 0 Å². The third-order valence-corrected chi connectivity index (χ3v) is 3.54. The smallest absolute Gasteiger partial charge is 0.239 e. The van der Waals surface area contributed by atoms with Crippen LogP contribution in [-0.4, -0.2) is 54.0 Å². The highest BCUT2D eigenvalue weighted by atomic mass is 16.2. The molecular formula is C10H19N3O. The molecule has 3 atom stereocenters. The average molecular weight is 197 g/mol. The van der Waals surface area contributed by atoms with Gasteiger partial charge in [-0.1, -0.05) is 0 Å². The topological polar surface area (TPSA) is 49.6 Å². The van der Waals surface area contributed by atoms with Crippen LogP contribution in [0.3, 0.4) is 0 Å². The summed E-state index contributed by atoms with van der Waals surface area (Å²) in [5, 5.41) is 0. The van der Waals surface area contributed by atoms with Crippen LogP contribution in [0.15, 0.2) is 0 Å². The minimum absolute atomic E-state index is 0.118. The number of rotatable bonds is 1.